The molecule has 1 aromatic heterocycles. The van der Waals surface area contributed by atoms with Gasteiger partial charge in [-0.3, -0.25) is 0 Å². The smallest absolute Gasteiger partial charge is 0.114 e. The molecule has 0 fully saturated rings. The molecule has 0 saturated heterocycles. The highest BCUT2D eigenvalue weighted by Gasteiger charge is 2.14. The summed E-state index contributed by atoms with van der Waals surface area (Å²) in [6.07, 6.45) is 2.91. The first-order valence-electron chi connectivity index (χ1n) is 7.18. The van der Waals surface area contributed by atoms with Crippen LogP contribution in [-0.4, -0.2) is 12.3 Å². The van der Waals surface area contributed by atoms with Crippen molar-refractivity contribution in [3.05, 3.63) is 53.5 Å². The highest BCUT2D eigenvalue weighted by molar-refractivity contribution is 7.99. The van der Waals surface area contributed by atoms with Crippen LogP contribution >= 0.6 is 11.8 Å². The molecule has 0 amide bonds. The topological polar surface area (TPSA) is 25.2 Å². The van der Waals surface area contributed by atoms with Crippen LogP contribution in [0.1, 0.15) is 36.3 Å². The van der Waals surface area contributed by atoms with E-state index in [1.165, 1.54) is 16.0 Å². The van der Waals surface area contributed by atoms with Crippen molar-refractivity contribution in [1.82, 2.24) is 5.32 Å². The van der Waals surface area contributed by atoms with Gasteiger partial charge in [-0.1, -0.05) is 31.2 Å². The molecule has 2 rings (SSSR count). The van der Waals surface area contributed by atoms with E-state index < -0.39 is 0 Å². The molecule has 1 unspecified atom stereocenters. The lowest BCUT2D eigenvalue weighted by atomic mass is 10.0. The number of benzene rings is 1. The Morgan fingerprint density at radius 1 is 1.20 bits per heavy atom. The second-order valence-electron chi connectivity index (χ2n) is 5.02. The van der Waals surface area contributed by atoms with Crippen molar-refractivity contribution >= 4 is 11.8 Å². The minimum atomic E-state index is 0.385. The Kier molecular flexibility index (Phi) is 5.74. The van der Waals surface area contributed by atoms with Gasteiger partial charge >= 0.3 is 0 Å². The van der Waals surface area contributed by atoms with Gasteiger partial charge in [0.05, 0.1) is 6.26 Å². The summed E-state index contributed by atoms with van der Waals surface area (Å²) in [6.45, 7) is 7.45. The molecule has 0 spiro atoms. The third-order valence-electron chi connectivity index (χ3n) is 3.42. The van der Waals surface area contributed by atoms with Crippen LogP contribution in [0.4, 0.5) is 0 Å². The van der Waals surface area contributed by atoms with E-state index in [0.717, 1.165) is 24.5 Å². The minimum absolute atomic E-state index is 0.385. The molecule has 0 radical (unpaired) electrons. The third-order valence-corrected chi connectivity index (χ3v) is 4.66. The van der Waals surface area contributed by atoms with Gasteiger partial charge in [-0.05, 0) is 44.0 Å². The zero-order chi connectivity index (χ0) is 14.4. The molecule has 1 aromatic carbocycles. The summed E-state index contributed by atoms with van der Waals surface area (Å²) in [5.41, 5.74) is 2.75. The molecule has 0 bridgehead atoms. The highest BCUT2D eigenvalue weighted by atomic mass is 32.2. The quantitative estimate of drug-likeness (QED) is 0.746. The van der Waals surface area contributed by atoms with Gasteiger partial charge in [-0.15, -0.1) is 11.8 Å². The van der Waals surface area contributed by atoms with Gasteiger partial charge in [0.2, 0.25) is 0 Å². The minimum Gasteiger partial charge on any atom is -0.468 e. The lowest BCUT2D eigenvalue weighted by molar-refractivity contribution is 0.526. The van der Waals surface area contributed by atoms with Gasteiger partial charge in [0.25, 0.3) is 0 Å². The Balaban J connectivity index is 2.08. The Morgan fingerprint density at radius 2 is 2.00 bits per heavy atom. The molecule has 0 aliphatic carbocycles. The first-order valence-corrected chi connectivity index (χ1v) is 8.16. The maximum Gasteiger partial charge on any atom is 0.114 e. The molecule has 1 atom stereocenters. The van der Waals surface area contributed by atoms with E-state index in [1.54, 1.807) is 6.26 Å². The Hall–Kier alpha value is -1.19. The summed E-state index contributed by atoms with van der Waals surface area (Å²) < 4.78 is 5.37. The molecule has 20 heavy (non-hydrogen) atoms. The fourth-order valence-corrected chi connectivity index (χ4v) is 3.30. The van der Waals surface area contributed by atoms with Crippen molar-refractivity contribution < 1.29 is 4.42 Å². The molecule has 2 nitrogen and oxygen atoms in total. The van der Waals surface area contributed by atoms with Crippen molar-refractivity contribution in [2.24, 2.45) is 0 Å². The van der Waals surface area contributed by atoms with Crippen molar-refractivity contribution in [1.29, 1.82) is 0 Å². The fourth-order valence-electron chi connectivity index (χ4n) is 2.25. The predicted molar refractivity (Wildman–Crippen MR) is 86.4 cm³/mol. The number of nitrogens with one attached hydrogen (secondary N) is 1. The van der Waals surface area contributed by atoms with Gasteiger partial charge < -0.3 is 9.73 Å². The molecule has 1 N–H and O–H groups in total. The van der Waals surface area contributed by atoms with E-state index in [9.17, 15) is 0 Å². The van der Waals surface area contributed by atoms with E-state index in [4.69, 9.17) is 4.42 Å². The van der Waals surface area contributed by atoms with E-state index in [0.29, 0.717) is 6.04 Å². The van der Waals surface area contributed by atoms with Crippen molar-refractivity contribution in [2.45, 2.75) is 38.1 Å². The number of thioether (sulfide) groups is 1. The van der Waals surface area contributed by atoms with Gasteiger partial charge in [-0.2, -0.15) is 0 Å². The van der Waals surface area contributed by atoms with Crippen LogP contribution < -0.4 is 5.32 Å². The summed E-state index contributed by atoms with van der Waals surface area (Å²) in [4.78, 5) is 1.24. The van der Waals surface area contributed by atoms with Crippen molar-refractivity contribution in [3.8, 4) is 0 Å². The van der Waals surface area contributed by atoms with E-state index in [2.05, 4.69) is 49.5 Å². The largest absolute Gasteiger partial charge is 0.468 e. The van der Waals surface area contributed by atoms with Crippen LogP contribution in [0.5, 0.6) is 0 Å². The normalized spacial score (nSPS) is 12.6. The molecule has 3 heteroatoms. The van der Waals surface area contributed by atoms with Gasteiger partial charge in [0.15, 0.2) is 0 Å². The van der Waals surface area contributed by atoms with Crippen LogP contribution in [0.3, 0.4) is 0 Å². The second kappa shape index (κ2) is 7.55. The van der Waals surface area contributed by atoms with Crippen molar-refractivity contribution in [3.63, 3.8) is 0 Å². The zero-order valence-electron chi connectivity index (χ0n) is 12.5. The molecular formula is C17H23NOS. The number of aryl methyl sites for hydroxylation is 2. The number of hydrogen-bond acceptors (Lipinski definition) is 3. The van der Waals surface area contributed by atoms with Crippen LogP contribution in [0, 0.1) is 13.8 Å². The van der Waals surface area contributed by atoms with Crippen LogP contribution in [-0.2, 0) is 0 Å². The molecule has 0 aliphatic rings. The summed E-state index contributed by atoms with van der Waals surface area (Å²) in [5.74, 6) is 2.03. The summed E-state index contributed by atoms with van der Waals surface area (Å²) in [5, 5.41) is 3.66. The van der Waals surface area contributed by atoms with Gasteiger partial charge in [0.1, 0.15) is 5.76 Å². The Bertz CT molecular complexity index is 535. The number of furan rings is 1. The zero-order valence-corrected chi connectivity index (χ0v) is 13.3. The number of hydrogen-bond donors (Lipinski definition) is 1. The van der Waals surface area contributed by atoms with Gasteiger partial charge in [-0.25, -0.2) is 0 Å². The van der Waals surface area contributed by atoms with E-state index in [1.807, 2.05) is 18.7 Å². The molecule has 0 saturated carbocycles. The fraction of sp³-hybridized carbons (Fsp3) is 0.412. The van der Waals surface area contributed by atoms with Crippen LogP contribution in [0.2, 0.25) is 0 Å². The molecule has 1 heterocycles. The maximum atomic E-state index is 5.37. The number of rotatable bonds is 7. The average molecular weight is 289 g/mol. The average Bonchev–Trinajstić information content (AvgIpc) is 2.86. The lowest BCUT2D eigenvalue weighted by Crippen LogP contribution is -2.24. The molecule has 2 aromatic rings. The SMILES string of the molecule is CCCNC(CSc1ccoc1C)c1ccccc1C. The Labute approximate surface area is 126 Å². The first kappa shape index (κ1) is 15.2. The van der Waals surface area contributed by atoms with Crippen LogP contribution in [0.15, 0.2) is 45.9 Å². The molecular weight excluding hydrogens is 266 g/mol. The lowest BCUT2D eigenvalue weighted by Gasteiger charge is -2.20. The van der Waals surface area contributed by atoms with Crippen molar-refractivity contribution in [2.75, 3.05) is 12.3 Å². The Morgan fingerprint density at radius 3 is 2.65 bits per heavy atom. The highest BCUT2D eigenvalue weighted by Crippen LogP contribution is 2.29. The summed E-state index contributed by atoms with van der Waals surface area (Å²) >= 11 is 1.86. The van der Waals surface area contributed by atoms with E-state index >= 15 is 0 Å². The molecule has 0 aliphatic heterocycles. The van der Waals surface area contributed by atoms with E-state index in [-0.39, 0.29) is 0 Å². The van der Waals surface area contributed by atoms with Crippen LogP contribution in [0.25, 0.3) is 0 Å². The predicted octanol–water partition coefficient (Wildman–Crippen LogP) is 4.73. The summed E-state index contributed by atoms with van der Waals surface area (Å²) in [7, 11) is 0. The molecule has 108 valence electrons. The third kappa shape index (κ3) is 3.90. The second-order valence-corrected chi connectivity index (χ2v) is 6.08. The summed E-state index contributed by atoms with van der Waals surface area (Å²) in [6, 6.07) is 11.1. The maximum absolute atomic E-state index is 5.37. The first-order chi connectivity index (χ1) is 9.72. The standard InChI is InChI=1S/C17H23NOS/c1-4-10-18-16(15-8-6-5-7-13(15)2)12-20-17-9-11-19-14(17)3/h5-9,11,16,18H,4,10,12H2,1-3H3. The van der Waals surface area contributed by atoms with Gasteiger partial charge in [0, 0.05) is 16.7 Å². The monoisotopic (exact) mass is 289 g/mol.